The summed E-state index contributed by atoms with van der Waals surface area (Å²) in [7, 11) is 4.14. The van der Waals surface area contributed by atoms with E-state index < -0.39 is 0 Å². The van der Waals surface area contributed by atoms with Crippen LogP contribution in [0, 0.1) is 5.92 Å². The minimum absolute atomic E-state index is 0.156. The van der Waals surface area contributed by atoms with Crippen molar-refractivity contribution < 1.29 is 0 Å². The third kappa shape index (κ3) is 1.43. The Morgan fingerprint density at radius 3 is 2.22 bits per heavy atom. The lowest BCUT2D eigenvalue weighted by molar-refractivity contribution is 0.352. The second-order valence-electron chi connectivity index (χ2n) is 3.58. The molecule has 1 aliphatic carbocycles. The summed E-state index contributed by atoms with van der Waals surface area (Å²) in [5.74, 6) is 0.736. The quantitative estimate of drug-likeness (QED) is 0.579. The molecule has 9 heavy (non-hydrogen) atoms. The van der Waals surface area contributed by atoms with E-state index in [9.17, 15) is 0 Å². The molecule has 0 saturated heterocycles. The third-order valence-electron chi connectivity index (χ3n) is 2.12. The second-order valence-corrected chi connectivity index (χ2v) is 3.58. The largest absolute Gasteiger partial charge is 0.324 e. The van der Waals surface area contributed by atoms with Crippen LogP contribution in [0.25, 0.3) is 0 Å². The Kier molecular flexibility index (Phi) is 1.53. The van der Waals surface area contributed by atoms with E-state index in [2.05, 4.69) is 25.9 Å². The minimum Gasteiger partial charge on any atom is -0.324 e. The molecule has 0 aromatic heterocycles. The standard InChI is InChI=1S/C7H16N2/c1-6-4-7(6,8)5-9(2)3/h6H,4-5,8H2,1-3H3. The number of nitrogens with two attached hydrogens (primary N) is 1. The summed E-state index contributed by atoms with van der Waals surface area (Å²) in [4.78, 5) is 2.16. The average molecular weight is 128 g/mol. The molecular formula is C7H16N2. The van der Waals surface area contributed by atoms with Crippen molar-refractivity contribution in [3.8, 4) is 0 Å². The van der Waals surface area contributed by atoms with Crippen LogP contribution in [0.15, 0.2) is 0 Å². The van der Waals surface area contributed by atoms with E-state index in [1.165, 1.54) is 6.42 Å². The molecule has 1 aliphatic rings. The van der Waals surface area contributed by atoms with Crippen LogP contribution in [0.1, 0.15) is 13.3 Å². The van der Waals surface area contributed by atoms with Crippen molar-refractivity contribution in [2.45, 2.75) is 18.9 Å². The molecule has 2 N–H and O–H groups in total. The Balaban J connectivity index is 2.29. The van der Waals surface area contributed by atoms with E-state index >= 15 is 0 Å². The van der Waals surface area contributed by atoms with Crippen LogP contribution in [-0.2, 0) is 0 Å². The van der Waals surface area contributed by atoms with Crippen molar-refractivity contribution in [2.75, 3.05) is 20.6 Å². The summed E-state index contributed by atoms with van der Waals surface area (Å²) in [6.07, 6.45) is 1.20. The van der Waals surface area contributed by atoms with E-state index in [0.717, 1.165) is 12.5 Å². The van der Waals surface area contributed by atoms with Crippen LogP contribution in [0.4, 0.5) is 0 Å². The lowest BCUT2D eigenvalue weighted by atomic mass is 10.2. The molecule has 0 amide bonds. The normalized spacial score (nSPS) is 41.7. The Bertz CT molecular complexity index is 111. The maximum Gasteiger partial charge on any atom is 0.0313 e. The predicted molar refractivity (Wildman–Crippen MR) is 39.3 cm³/mol. The molecule has 0 radical (unpaired) electrons. The Morgan fingerprint density at radius 1 is 1.67 bits per heavy atom. The Labute approximate surface area is 57.0 Å². The number of hydrogen-bond acceptors (Lipinski definition) is 2. The van der Waals surface area contributed by atoms with Gasteiger partial charge in [0.2, 0.25) is 0 Å². The molecule has 1 fully saturated rings. The van der Waals surface area contributed by atoms with E-state index in [1.807, 2.05) is 0 Å². The van der Waals surface area contributed by atoms with E-state index in [4.69, 9.17) is 5.73 Å². The van der Waals surface area contributed by atoms with Gasteiger partial charge in [-0.2, -0.15) is 0 Å². The summed E-state index contributed by atoms with van der Waals surface area (Å²) >= 11 is 0. The van der Waals surface area contributed by atoms with Crippen molar-refractivity contribution >= 4 is 0 Å². The van der Waals surface area contributed by atoms with Gasteiger partial charge in [-0.05, 0) is 26.4 Å². The lowest BCUT2D eigenvalue weighted by Gasteiger charge is -2.15. The fraction of sp³-hybridized carbons (Fsp3) is 1.00. The average Bonchev–Trinajstić information content (AvgIpc) is 2.10. The van der Waals surface area contributed by atoms with Gasteiger partial charge in [0.15, 0.2) is 0 Å². The van der Waals surface area contributed by atoms with Crippen molar-refractivity contribution in [3.63, 3.8) is 0 Å². The van der Waals surface area contributed by atoms with Gasteiger partial charge in [0.05, 0.1) is 0 Å². The maximum absolute atomic E-state index is 5.95. The molecule has 2 heteroatoms. The molecule has 0 aromatic carbocycles. The topological polar surface area (TPSA) is 29.3 Å². The zero-order valence-electron chi connectivity index (χ0n) is 6.52. The fourth-order valence-electron chi connectivity index (χ4n) is 1.32. The highest BCUT2D eigenvalue weighted by Crippen LogP contribution is 2.40. The number of nitrogens with zero attached hydrogens (tertiary/aromatic N) is 1. The second kappa shape index (κ2) is 1.96. The van der Waals surface area contributed by atoms with Crippen LogP contribution < -0.4 is 5.73 Å². The molecule has 0 spiro atoms. The summed E-state index contributed by atoms with van der Waals surface area (Å²) < 4.78 is 0. The van der Waals surface area contributed by atoms with Crippen molar-refractivity contribution in [1.82, 2.24) is 4.90 Å². The highest BCUT2D eigenvalue weighted by Gasteiger charge is 2.47. The first-order valence-corrected chi connectivity index (χ1v) is 3.48. The predicted octanol–water partition coefficient (Wildman–Crippen LogP) is 0.285. The first kappa shape index (κ1) is 7.03. The van der Waals surface area contributed by atoms with Crippen LogP contribution in [-0.4, -0.2) is 31.1 Å². The molecule has 54 valence electrons. The van der Waals surface area contributed by atoms with Gasteiger partial charge >= 0.3 is 0 Å². The molecule has 1 saturated carbocycles. The van der Waals surface area contributed by atoms with Gasteiger partial charge in [-0.15, -0.1) is 0 Å². The first-order valence-electron chi connectivity index (χ1n) is 3.48. The molecule has 0 heterocycles. The highest BCUT2D eigenvalue weighted by molar-refractivity contribution is 5.06. The molecule has 0 bridgehead atoms. The zero-order chi connectivity index (χ0) is 7.07. The number of rotatable bonds is 2. The first-order chi connectivity index (χ1) is 4.04. The van der Waals surface area contributed by atoms with Crippen LogP contribution in [0.5, 0.6) is 0 Å². The molecule has 1 rings (SSSR count). The monoisotopic (exact) mass is 128 g/mol. The maximum atomic E-state index is 5.95. The van der Waals surface area contributed by atoms with Crippen LogP contribution in [0.2, 0.25) is 0 Å². The van der Waals surface area contributed by atoms with Crippen molar-refractivity contribution in [2.24, 2.45) is 11.7 Å². The molecule has 0 aromatic rings. The van der Waals surface area contributed by atoms with Gasteiger partial charge in [-0.3, -0.25) is 0 Å². The Morgan fingerprint density at radius 2 is 2.11 bits per heavy atom. The van der Waals surface area contributed by atoms with Crippen molar-refractivity contribution in [3.05, 3.63) is 0 Å². The number of hydrogen-bond donors (Lipinski definition) is 1. The number of likely N-dealkylation sites (N-methyl/N-ethyl adjacent to an activating group) is 1. The fourth-order valence-corrected chi connectivity index (χ4v) is 1.32. The lowest BCUT2D eigenvalue weighted by Crippen LogP contribution is -2.36. The van der Waals surface area contributed by atoms with Gasteiger partial charge in [-0.1, -0.05) is 6.92 Å². The molecule has 2 unspecified atom stereocenters. The third-order valence-corrected chi connectivity index (χ3v) is 2.12. The van der Waals surface area contributed by atoms with Gasteiger partial charge < -0.3 is 10.6 Å². The summed E-state index contributed by atoms with van der Waals surface area (Å²) in [5, 5.41) is 0. The van der Waals surface area contributed by atoms with Gasteiger partial charge in [-0.25, -0.2) is 0 Å². The molecule has 2 nitrogen and oxygen atoms in total. The summed E-state index contributed by atoms with van der Waals surface area (Å²) in [6.45, 7) is 3.25. The SMILES string of the molecule is CC1CC1(N)CN(C)C. The highest BCUT2D eigenvalue weighted by atomic mass is 15.1. The van der Waals surface area contributed by atoms with Gasteiger partial charge in [0, 0.05) is 12.1 Å². The summed E-state index contributed by atoms with van der Waals surface area (Å²) in [5.41, 5.74) is 6.11. The molecule has 0 aliphatic heterocycles. The van der Waals surface area contributed by atoms with Crippen LogP contribution in [0.3, 0.4) is 0 Å². The minimum atomic E-state index is 0.156. The van der Waals surface area contributed by atoms with Gasteiger partial charge in [0.1, 0.15) is 0 Å². The summed E-state index contributed by atoms with van der Waals surface area (Å²) in [6, 6.07) is 0. The van der Waals surface area contributed by atoms with Crippen LogP contribution >= 0.6 is 0 Å². The Hall–Kier alpha value is -0.0800. The molecule has 2 atom stereocenters. The smallest absolute Gasteiger partial charge is 0.0313 e. The zero-order valence-corrected chi connectivity index (χ0v) is 6.52. The van der Waals surface area contributed by atoms with E-state index in [-0.39, 0.29) is 5.54 Å². The van der Waals surface area contributed by atoms with E-state index in [1.54, 1.807) is 0 Å². The van der Waals surface area contributed by atoms with E-state index in [0.29, 0.717) is 0 Å². The molecular weight excluding hydrogens is 112 g/mol. The van der Waals surface area contributed by atoms with Crippen molar-refractivity contribution in [1.29, 1.82) is 0 Å². The van der Waals surface area contributed by atoms with Gasteiger partial charge in [0.25, 0.3) is 0 Å².